The molecule has 0 saturated heterocycles. The number of benzene rings is 3. The van der Waals surface area contributed by atoms with Crippen molar-refractivity contribution in [2.75, 3.05) is 5.32 Å². The summed E-state index contributed by atoms with van der Waals surface area (Å²) in [5, 5.41) is 12.0. The second kappa shape index (κ2) is 9.94. The Labute approximate surface area is 192 Å². The van der Waals surface area contributed by atoms with Crippen molar-refractivity contribution in [3.8, 4) is 11.8 Å². The van der Waals surface area contributed by atoms with Gasteiger partial charge in [-0.25, -0.2) is 0 Å². The van der Waals surface area contributed by atoms with Crippen LogP contribution in [0.4, 0.5) is 5.69 Å². The molecule has 1 N–H and O–H groups in total. The third-order valence-corrected chi connectivity index (χ3v) is 5.89. The van der Waals surface area contributed by atoms with E-state index in [9.17, 15) is 23.3 Å². The molecule has 0 saturated carbocycles. The van der Waals surface area contributed by atoms with Gasteiger partial charge in [-0.2, -0.15) is 13.7 Å². The summed E-state index contributed by atoms with van der Waals surface area (Å²) in [6.07, 6.45) is 1.35. The first-order valence-electron chi connectivity index (χ1n) is 9.84. The fourth-order valence-electron chi connectivity index (χ4n) is 2.90. The average Bonchev–Trinajstić information content (AvgIpc) is 2.78. The first kappa shape index (κ1) is 23.4. The molecule has 3 aromatic rings. The third kappa shape index (κ3) is 5.93. The number of carbonyl (C=O) groups excluding carboxylic acids is 2. The van der Waals surface area contributed by atoms with Gasteiger partial charge in [-0.3, -0.25) is 9.59 Å². The Bertz CT molecular complexity index is 1370. The minimum Gasteiger partial charge on any atom is -0.379 e. The van der Waals surface area contributed by atoms with Gasteiger partial charge >= 0.3 is 10.1 Å². The van der Waals surface area contributed by atoms with Gasteiger partial charge in [0.05, 0.1) is 5.69 Å². The zero-order chi connectivity index (χ0) is 24.0. The summed E-state index contributed by atoms with van der Waals surface area (Å²) in [5.41, 5.74) is 1.86. The lowest BCUT2D eigenvalue weighted by atomic mass is 10.1. The van der Waals surface area contributed by atoms with Crippen LogP contribution in [-0.4, -0.2) is 20.1 Å². The Morgan fingerprint density at radius 3 is 2.21 bits per heavy atom. The van der Waals surface area contributed by atoms with Crippen LogP contribution < -0.4 is 9.50 Å². The van der Waals surface area contributed by atoms with Crippen molar-refractivity contribution >= 4 is 33.6 Å². The van der Waals surface area contributed by atoms with E-state index in [0.717, 1.165) is 5.56 Å². The minimum absolute atomic E-state index is 0.0337. The molecule has 0 heterocycles. The number of para-hydroxylation sites is 1. The van der Waals surface area contributed by atoms with Crippen molar-refractivity contribution in [1.29, 1.82) is 5.26 Å². The lowest BCUT2D eigenvalue weighted by molar-refractivity contribution is -0.112. The van der Waals surface area contributed by atoms with Crippen LogP contribution in [0.25, 0.3) is 6.08 Å². The number of nitrogens with zero attached hydrogens (tertiary/aromatic N) is 1. The van der Waals surface area contributed by atoms with Crippen LogP contribution in [0, 0.1) is 18.3 Å². The van der Waals surface area contributed by atoms with Crippen LogP contribution in [0.2, 0.25) is 0 Å². The highest BCUT2D eigenvalue weighted by Gasteiger charge is 2.17. The summed E-state index contributed by atoms with van der Waals surface area (Å²) < 4.78 is 30.0. The second-order valence-electron chi connectivity index (χ2n) is 7.15. The standard InChI is InChI=1S/C25H20N2O5S/c1-17-7-13-22(14-8-17)33(30,31)32-21-11-9-19(10-12-21)15-20(16-26)25(29)27-24-6-4-3-5-23(24)18(2)28/h3-15H,1-2H3,(H,27,29)/b20-15-. The lowest BCUT2D eigenvalue weighted by Gasteiger charge is -2.09. The maximum atomic E-state index is 12.5. The molecule has 0 bridgehead atoms. The fourth-order valence-corrected chi connectivity index (χ4v) is 3.83. The Balaban J connectivity index is 1.76. The van der Waals surface area contributed by atoms with Gasteiger partial charge in [0, 0.05) is 5.56 Å². The van der Waals surface area contributed by atoms with E-state index in [2.05, 4.69) is 5.32 Å². The number of Topliss-reactive ketones (excluding diaryl/α,β-unsaturated/α-hetero) is 1. The molecule has 166 valence electrons. The Morgan fingerprint density at radius 2 is 1.61 bits per heavy atom. The Hall–Kier alpha value is -4.22. The third-order valence-electron chi connectivity index (χ3n) is 4.63. The molecule has 3 rings (SSSR count). The molecular weight excluding hydrogens is 440 g/mol. The van der Waals surface area contributed by atoms with Crippen LogP contribution in [0.3, 0.4) is 0 Å². The molecule has 0 aliphatic carbocycles. The molecule has 33 heavy (non-hydrogen) atoms. The molecule has 8 heteroatoms. The number of nitriles is 1. The van der Waals surface area contributed by atoms with E-state index < -0.39 is 16.0 Å². The molecule has 0 radical (unpaired) electrons. The molecule has 0 spiro atoms. The van der Waals surface area contributed by atoms with Crippen LogP contribution in [0.15, 0.2) is 83.3 Å². The van der Waals surface area contributed by atoms with Crippen LogP contribution in [0.5, 0.6) is 5.75 Å². The van der Waals surface area contributed by atoms with Crippen molar-refractivity contribution in [3.05, 3.63) is 95.1 Å². The summed E-state index contributed by atoms with van der Waals surface area (Å²) in [7, 11) is -3.99. The van der Waals surface area contributed by atoms with Crippen LogP contribution in [-0.2, 0) is 14.9 Å². The number of ketones is 1. The van der Waals surface area contributed by atoms with E-state index in [4.69, 9.17) is 4.18 Å². The second-order valence-corrected chi connectivity index (χ2v) is 8.69. The fraction of sp³-hybridized carbons (Fsp3) is 0.0800. The predicted molar refractivity (Wildman–Crippen MR) is 124 cm³/mol. The first-order chi connectivity index (χ1) is 15.7. The maximum Gasteiger partial charge on any atom is 0.339 e. The van der Waals surface area contributed by atoms with Crippen molar-refractivity contribution in [2.45, 2.75) is 18.7 Å². The number of hydrogen-bond donors (Lipinski definition) is 1. The number of aryl methyl sites for hydroxylation is 1. The van der Waals surface area contributed by atoms with Crippen LogP contribution >= 0.6 is 0 Å². The van der Waals surface area contributed by atoms with E-state index in [1.54, 1.807) is 36.4 Å². The highest BCUT2D eigenvalue weighted by atomic mass is 32.2. The normalized spacial score (nSPS) is 11.4. The highest BCUT2D eigenvalue weighted by molar-refractivity contribution is 7.87. The molecule has 0 aliphatic heterocycles. The molecule has 3 aromatic carbocycles. The first-order valence-corrected chi connectivity index (χ1v) is 11.2. The maximum absolute atomic E-state index is 12.5. The smallest absolute Gasteiger partial charge is 0.339 e. The molecular formula is C25H20N2O5S. The summed E-state index contributed by atoms with van der Waals surface area (Å²) in [6, 6.07) is 20.5. The molecule has 7 nitrogen and oxygen atoms in total. The molecule has 0 aliphatic rings. The van der Waals surface area contributed by atoms with E-state index in [1.165, 1.54) is 49.4 Å². The zero-order valence-corrected chi connectivity index (χ0v) is 18.7. The van der Waals surface area contributed by atoms with E-state index >= 15 is 0 Å². The summed E-state index contributed by atoms with van der Waals surface area (Å²) in [6.45, 7) is 3.23. The zero-order valence-electron chi connectivity index (χ0n) is 17.9. The van der Waals surface area contributed by atoms with Gasteiger partial charge in [0.2, 0.25) is 0 Å². The topological polar surface area (TPSA) is 113 Å². The van der Waals surface area contributed by atoms with Gasteiger partial charge in [-0.1, -0.05) is 42.0 Å². The Morgan fingerprint density at radius 1 is 0.970 bits per heavy atom. The number of carbonyl (C=O) groups is 2. The quantitative estimate of drug-likeness (QED) is 0.240. The molecule has 0 atom stereocenters. The van der Waals surface area contributed by atoms with E-state index in [-0.39, 0.29) is 22.0 Å². The highest BCUT2D eigenvalue weighted by Crippen LogP contribution is 2.21. The Kier molecular flexibility index (Phi) is 7.06. The summed E-state index contributed by atoms with van der Waals surface area (Å²) in [5.74, 6) is -0.802. The number of amides is 1. The van der Waals surface area contributed by atoms with Crippen LogP contribution in [0.1, 0.15) is 28.4 Å². The summed E-state index contributed by atoms with van der Waals surface area (Å²) in [4.78, 5) is 24.3. The minimum atomic E-state index is -3.99. The molecule has 1 amide bonds. The lowest BCUT2D eigenvalue weighted by Crippen LogP contribution is -2.15. The van der Waals surface area contributed by atoms with Crippen molar-refractivity contribution in [1.82, 2.24) is 0 Å². The summed E-state index contributed by atoms with van der Waals surface area (Å²) >= 11 is 0. The van der Waals surface area contributed by atoms with Crippen molar-refractivity contribution in [2.24, 2.45) is 0 Å². The average molecular weight is 461 g/mol. The van der Waals surface area contributed by atoms with E-state index in [1.807, 2.05) is 13.0 Å². The van der Waals surface area contributed by atoms with Crippen molar-refractivity contribution in [3.63, 3.8) is 0 Å². The number of hydrogen-bond acceptors (Lipinski definition) is 6. The van der Waals surface area contributed by atoms with Gasteiger partial charge in [0.1, 0.15) is 22.3 Å². The predicted octanol–water partition coefficient (Wildman–Crippen LogP) is 4.51. The molecule has 0 aromatic heterocycles. The van der Waals surface area contributed by atoms with Crippen molar-refractivity contribution < 1.29 is 22.2 Å². The molecule has 0 fully saturated rings. The number of rotatable bonds is 7. The number of nitrogens with one attached hydrogen (secondary N) is 1. The van der Waals surface area contributed by atoms with Gasteiger partial charge < -0.3 is 9.50 Å². The van der Waals surface area contributed by atoms with Gasteiger partial charge in [0.15, 0.2) is 5.78 Å². The largest absolute Gasteiger partial charge is 0.379 e. The molecule has 0 unspecified atom stereocenters. The monoisotopic (exact) mass is 460 g/mol. The van der Waals surface area contributed by atoms with E-state index in [0.29, 0.717) is 16.8 Å². The van der Waals surface area contributed by atoms with Gasteiger partial charge in [-0.15, -0.1) is 0 Å². The SMILES string of the molecule is CC(=O)c1ccccc1NC(=O)/C(C#N)=C\c1ccc(OS(=O)(=O)c2ccc(C)cc2)cc1. The number of anilines is 1. The van der Waals surface area contributed by atoms with Gasteiger partial charge in [-0.05, 0) is 61.9 Å². The van der Waals surface area contributed by atoms with Gasteiger partial charge in [0.25, 0.3) is 5.91 Å².